The van der Waals surface area contributed by atoms with Crippen LogP contribution in [0.15, 0.2) is 24.3 Å². The van der Waals surface area contributed by atoms with E-state index in [4.69, 9.17) is 5.84 Å². The van der Waals surface area contributed by atoms with Crippen molar-refractivity contribution in [1.29, 1.82) is 0 Å². The predicted molar refractivity (Wildman–Crippen MR) is 86.5 cm³/mol. The first-order chi connectivity index (χ1) is 9.52. The van der Waals surface area contributed by atoms with E-state index in [1.807, 2.05) is 0 Å². The molecular formula is C17H29N3. The molecule has 0 radical (unpaired) electrons. The van der Waals surface area contributed by atoms with E-state index in [-0.39, 0.29) is 6.04 Å². The SMILES string of the molecule is CC1CCC(C(NN)c2cccc(N(C)C)c2)CC1C. The quantitative estimate of drug-likeness (QED) is 0.654. The number of nitrogens with two attached hydrogens (primary N) is 1. The minimum Gasteiger partial charge on any atom is -0.378 e. The molecule has 2 rings (SSSR count). The van der Waals surface area contributed by atoms with Gasteiger partial charge in [0, 0.05) is 25.8 Å². The summed E-state index contributed by atoms with van der Waals surface area (Å²) >= 11 is 0. The molecule has 0 aliphatic heterocycles. The lowest BCUT2D eigenvalue weighted by Gasteiger charge is -2.36. The Hall–Kier alpha value is -1.06. The summed E-state index contributed by atoms with van der Waals surface area (Å²) in [6.45, 7) is 4.75. The zero-order valence-corrected chi connectivity index (χ0v) is 13.3. The third-order valence-corrected chi connectivity index (χ3v) is 5.04. The van der Waals surface area contributed by atoms with Crippen LogP contribution in [0.1, 0.15) is 44.7 Å². The molecule has 112 valence electrons. The summed E-state index contributed by atoms with van der Waals surface area (Å²) in [6, 6.07) is 8.99. The first-order valence-corrected chi connectivity index (χ1v) is 7.76. The normalized spacial score (nSPS) is 28.1. The van der Waals surface area contributed by atoms with Crippen LogP contribution in [0.25, 0.3) is 0 Å². The van der Waals surface area contributed by atoms with E-state index in [0.29, 0.717) is 5.92 Å². The second-order valence-corrected chi connectivity index (χ2v) is 6.66. The van der Waals surface area contributed by atoms with Gasteiger partial charge in [0.1, 0.15) is 0 Å². The Kier molecular flexibility index (Phi) is 5.06. The van der Waals surface area contributed by atoms with E-state index in [9.17, 15) is 0 Å². The Morgan fingerprint density at radius 2 is 1.95 bits per heavy atom. The highest BCUT2D eigenvalue weighted by Gasteiger charge is 2.30. The summed E-state index contributed by atoms with van der Waals surface area (Å²) in [5, 5.41) is 0. The minimum absolute atomic E-state index is 0.268. The highest BCUT2D eigenvalue weighted by Crippen LogP contribution is 2.40. The van der Waals surface area contributed by atoms with Crippen molar-refractivity contribution in [3.63, 3.8) is 0 Å². The molecule has 3 N–H and O–H groups in total. The summed E-state index contributed by atoms with van der Waals surface area (Å²) in [7, 11) is 4.16. The van der Waals surface area contributed by atoms with E-state index >= 15 is 0 Å². The molecule has 0 aromatic heterocycles. The number of benzene rings is 1. The van der Waals surface area contributed by atoms with Crippen LogP contribution in [-0.4, -0.2) is 14.1 Å². The fourth-order valence-electron chi connectivity index (χ4n) is 3.39. The molecule has 0 saturated heterocycles. The van der Waals surface area contributed by atoms with Crippen LogP contribution < -0.4 is 16.2 Å². The van der Waals surface area contributed by atoms with Crippen LogP contribution >= 0.6 is 0 Å². The molecule has 1 aliphatic carbocycles. The van der Waals surface area contributed by atoms with Crippen LogP contribution in [0.3, 0.4) is 0 Å². The Balaban J connectivity index is 2.17. The average molecular weight is 275 g/mol. The summed E-state index contributed by atoms with van der Waals surface area (Å²) in [5.74, 6) is 8.16. The van der Waals surface area contributed by atoms with E-state index in [1.54, 1.807) is 0 Å². The van der Waals surface area contributed by atoms with Gasteiger partial charge in [-0.3, -0.25) is 11.3 Å². The van der Waals surface area contributed by atoms with Crippen molar-refractivity contribution in [1.82, 2.24) is 5.43 Å². The smallest absolute Gasteiger partial charge is 0.0489 e. The number of nitrogens with one attached hydrogen (secondary N) is 1. The molecule has 0 amide bonds. The molecule has 0 spiro atoms. The fraction of sp³-hybridized carbons (Fsp3) is 0.647. The van der Waals surface area contributed by atoms with Crippen molar-refractivity contribution in [3.8, 4) is 0 Å². The van der Waals surface area contributed by atoms with Crippen molar-refractivity contribution in [2.75, 3.05) is 19.0 Å². The molecule has 1 aromatic carbocycles. The van der Waals surface area contributed by atoms with Crippen molar-refractivity contribution in [2.45, 2.75) is 39.2 Å². The predicted octanol–water partition coefficient (Wildman–Crippen LogP) is 3.33. The molecule has 1 saturated carbocycles. The van der Waals surface area contributed by atoms with Gasteiger partial charge in [-0.05, 0) is 48.3 Å². The summed E-state index contributed by atoms with van der Waals surface area (Å²) in [6.07, 6.45) is 3.85. The molecule has 1 fully saturated rings. The van der Waals surface area contributed by atoms with Crippen LogP contribution in [0.4, 0.5) is 5.69 Å². The van der Waals surface area contributed by atoms with E-state index in [0.717, 1.165) is 11.8 Å². The molecule has 0 heterocycles. The van der Waals surface area contributed by atoms with Crippen LogP contribution in [-0.2, 0) is 0 Å². The molecule has 0 bridgehead atoms. The standard InChI is InChI=1S/C17H29N3/c1-12-8-9-15(10-13(12)2)17(19-18)14-6-5-7-16(11-14)20(3)4/h5-7,11-13,15,17,19H,8-10,18H2,1-4H3. The number of nitrogens with zero attached hydrogens (tertiary/aromatic N) is 1. The zero-order chi connectivity index (χ0) is 14.7. The van der Waals surface area contributed by atoms with Crippen LogP contribution in [0, 0.1) is 17.8 Å². The summed E-state index contributed by atoms with van der Waals surface area (Å²) in [4.78, 5) is 2.14. The first-order valence-electron chi connectivity index (χ1n) is 7.76. The molecule has 3 nitrogen and oxygen atoms in total. The van der Waals surface area contributed by atoms with Crippen molar-refractivity contribution < 1.29 is 0 Å². The number of rotatable bonds is 4. The maximum atomic E-state index is 5.88. The van der Waals surface area contributed by atoms with Crippen molar-refractivity contribution >= 4 is 5.69 Å². The van der Waals surface area contributed by atoms with E-state index in [1.165, 1.54) is 30.5 Å². The number of hydrazine groups is 1. The molecule has 1 aromatic rings. The zero-order valence-electron chi connectivity index (χ0n) is 13.3. The molecule has 20 heavy (non-hydrogen) atoms. The molecule has 3 heteroatoms. The van der Waals surface area contributed by atoms with Gasteiger partial charge < -0.3 is 4.90 Å². The van der Waals surface area contributed by atoms with Gasteiger partial charge in [-0.2, -0.15) is 0 Å². The maximum absolute atomic E-state index is 5.88. The monoisotopic (exact) mass is 275 g/mol. The fourth-order valence-corrected chi connectivity index (χ4v) is 3.39. The number of hydrogen-bond acceptors (Lipinski definition) is 3. The Labute approximate surface area is 123 Å². The molecular weight excluding hydrogens is 246 g/mol. The molecule has 4 unspecified atom stereocenters. The van der Waals surface area contributed by atoms with Gasteiger partial charge in [0.25, 0.3) is 0 Å². The van der Waals surface area contributed by atoms with Gasteiger partial charge in [-0.25, -0.2) is 0 Å². The largest absolute Gasteiger partial charge is 0.378 e. The second-order valence-electron chi connectivity index (χ2n) is 6.66. The first kappa shape index (κ1) is 15.3. The third-order valence-electron chi connectivity index (χ3n) is 5.04. The lowest BCUT2D eigenvalue weighted by atomic mass is 9.72. The van der Waals surface area contributed by atoms with Gasteiger partial charge in [-0.1, -0.05) is 32.4 Å². The van der Waals surface area contributed by atoms with Gasteiger partial charge in [0.15, 0.2) is 0 Å². The summed E-state index contributed by atoms with van der Waals surface area (Å²) in [5.41, 5.74) is 5.62. The number of anilines is 1. The maximum Gasteiger partial charge on any atom is 0.0489 e. The van der Waals surface area contributed by atoms with E-state index in [2.05, 4.69) is 62.5 Å². The summed E-state index contributed by atoms with van der Waals surface area (Å²) < 4.78 is 0. The van der Waals surface area contributed by atoms with Gasteiger partial charge in [0.05, 0.1) is 0 Å². The lowest BCUT2D eigenvalue weighted by Crippen LogP contribution is -2.37. The average Bonchev–Trinajstić information content (AvgIpc) is 2.44. The highest BCUT2D eigenvalue weighted by atomic mass is 15.2. The van der Waals surface area contributed by atoms with Crippen molar-refractivity contribution in [3.05, 3.63) is 29.8 Å². The van der Waals surface area contributed by atoms with Gasteiger partial charge >= 0.3 is 0 Å². The Bertz CT molecular complexity index is 430. The van der Waals surface area contributed by atoms with Crippen LogP contribution in [0.5, 0.6) is 0 Å². The van der Waals surface area contributed by atoms with Gasteiger partial charge in [0.2, 0.25) is 0 Å². The number of hydrogen-bond donors (Lipinski definition) is 2. The lowest BCUT2D eigenvalue weighted by molar-refractivity contribution is 0.171. The second kappa shape index (κ2) is 6.59. The minimum atomic E-state index is 0.268. The third kappa shape index (κ3) is 3.33. The molecule has 4 atom stereocenters. The van der Waals surface area contributed by atoms with E-state index < -0.39 is 0 Å². The van der Waals surface area contributed by atoms with Crippen LogP contribution in [0.2, 0.25) is 0 Å². The Morgan fingerprint density at radius 3 is 2.55 bits per heavy atom. The van der Waals surface area contributed by atoms with Gasteiger partial charge in [-0.15, -0.1) is 0 Å². The molecule has 1 aliphatic rings. The topological polar surface area (TPSA) is 41.3 Å². The highest BCUT2D eigenvalue weighted by molar-refractivity contribution is 5.48. The Morgan fingerprint density at radius 1 is 1.20 bits per heavy atom. The van der Waals surface area contributed by atoms with Crippen molar-refractivity contribution in [2.24, 2.45) is 23.6 Å².